The van der Waals surface area contributed by atoms with E-state index >= 15 is 0 Å². The second-order valence-electron chi connectivity index (χ2n) is 5.15. The van der Waals surface area contributed by atoms with Gasteiger partial charge in [-0.25, -0.2) is 8.42 Å². The molecule has 2 rings (SSSR count). The smallest absolute Gasteiger partial charge is 0.179 e. The first-order valence-electron chi connectivity index (χ1n) is 6.70. The Kier molecular flexibility index (Phi) is 4.76. The van der Waals surface area contributed by atoms with Crippen molar-refractivity contribution < 1.29 is 8.42 Å². The summed E-state index contributed by atoms with van der Waals surface area (Å²) in [4.78, 5) is 2.37. The average Bonchev–Trinajstić information content (AvgIpc) is 2.93. The highest BCUT2D eigenvalue weighted by Crippen LogP contribution is 2.17. The predicted molar refractivity (Wildman–Crippen MR) is 76.8 cm³/mol. The second kappa shape index (κ2) is 6.35. The molecule has 1 aliphatic heterocycles. The van der Waals surface area contributed by atoms with Crippen LogP contribution in [0.25, 0.3) is 0 Å². The Labute approximate surface area is 119 Å². The monoisotopic (exact) mass is 293 g/mol. The molecule has 0 radical (unpaired) electrons. The van der Waals surface area contributed by atoms with Gasteiger partial charge in [-0.3, -0.25) is 0 Å². The quantitative estimate of drug-likeness (QED) is 0.859. The van der Waals surface area contributed by atoms with E-state index in [1.54, 1.807) is 18.2 Å². The van der Waals surface area contributed by atoms with Crippen molar-refractivity contribution in [3.63, 3.8) is 0 Å². The summed E-state index contributed by atoms with van der Waals surface area (Å²) in [6.45, 7) is 2.98. The lowest BCUT2D eigenvalue weighted by Crippen LogP contribution is -2.28. The van der Waals surface area contributed by atoms with E-state index in [2.05, 4.69) is 4.90 Å². The Bertz CT molecular complexity index is 607. The minimum atomic E-state index is -3.33. The normalized spacial score (nSPS) is 19.9. The van der Waals surface area contributed by atoms with E-state index in [0.29, 0.717) is 24.6 Å². The van der Waals surface area contributed by atoms with E-state index in [-0.39, 0.29) is 10.6 Å². The van der Waals surface area contributed by atoms with E-state index < -0.39 is 9.84 Å². The molecule has 5 nitrogen and oxygen atoms in total. The fraction of sp³-hybridized carbons (Fsp3) is 0.500. The minimum Gasteiger partial charge on any atom is -0.330 e. The van der Waals surface area contributed by atoms with Crippen LogP contribution >= 0.6 is 0 Å². The molecule has 1 atom stereocenters. The number of nitriles is 1. The van der Waals surface area contributed by atoms with E-state index in [1.807, 2.05) is 6.07 Å². The van der Waals surface area contributed by atoms with Crippen molar-refractivity contribution in [3.05, 3.63) is 29.8 Å². The second-order valence-corrected chi connectivity index (χ2v) is 7.26. The molecule has 0 spiro atoms. The van der Waals surface area contributed by atoms with Gasteiger partial charge in [0.15, 0.2) is 9.84 Å². The molecule has 6 heteroatoms. The Morgan fingerprint density at radius 1 is 1.45 bits per heavy atom. The number of benzene rings is 1. The zero-order valence-corrected chi connectivity index (χ0v) is 12.1. The third-order valence-corrected chi connectivity index (χ3v) is 5.39. The van der Waals surface area contributed by atoms with Gasteiger partial charge in [-0.2, -0.15) is 5.26 Å². The molecule has 1 heterocycles. The van der Waals surface area contributed by atoms with Gasteiger partial charge in [0.1, 0.15) is 0 Å². The van der Waals surface area contributed by atoms with Crippen LogP contribution in [0.15, 0.2) is 29.2 Å². The van der Waals surface area contributed by atoms with Crippen molar-refractivity contribution in [2.24, 2.45) is 11.7 Å². The summed E-state index contributed by atoms with van der Waals surface area (Å²) in [5.41, 5.74) is 6.00. The number of rotatable bonds is 5. The summed E-state index contributed by atoms with van der Waals surface area (Å²) in [6.07, 6.45) is 1.04. The highest BCUT2D eigenvalue weighted by Gasteiger charge is 2.23. The van der Waals surface area contributed by atoms with Crippen molar-refractivity contribution in [2.75, 3.05) is 31.9 Å². The number of likely N-dealkylation sites (tertiary alicyclic amines) is 1. The molecule has 20 heavy (non-hydrogen) atoms. The van der Waals surface area contributed by atoms with Gasteiger partial charge >= 0.3 is 0 Å². The molecule has 108 valence electrons. The molecule has 1 unspecified atom stereocenters. The molecule has 0 saturated carbocycles. The first-order chi connectivity index (χ1) is 9.55. The zero-order chi connectivity index (χ0) is 14.6. The summed E-state index contributed by atoms with van der Waals surface area (Å²) < 4.78 is 24.5. The predicted octanol–water partition coefficient (Wildman–Crippen LogP) is 0.613. The van der Waals surface area contributed by atoms with Crippen molar-refractivity contribution in [1.29, 1.82) is 5.26 Å². The van der Waals surface area contributed by atoms with Crippen molar-refractivity contribution in [2.45, 2.75) is 11.3 Å². The minimum absolute atomic E-state index is 0.0825. The van der Waals surface area contributed by atoms with E-state index in [0.717, 1.165) is 19.5 Å². The van der Waals surface area contributed by atoms with Gasteiger partial charge in [-0.05, 0) is 43.6 Å². The molecule has 0 aromatic heterocycles. The van der Waals surface area contributed by atoms with Crippen LogP contribution in [0, 0.1) is 17.2 Å². The van der Waals surface area contributed by atoms with Crippen molar-refractivity contribution in [3.8, 4) is 6.07 Å². The summed E-state index contributed by atoms with van der Waals surface area (Å²) in [5.74, 6) is 0.568. The topological polar surface area (TPSA) is 87.2 Å². The van der Waals surface area contributed by atoms with Crippen LogP contribution in [-0.2, 0) is 9.84 Å². The van der Waals surface area contributed by atoms with E-state index in [9.17, 15) is 8.42 Å². The molecular weight excluding hydrogens is 274 g/mol. The summed E-state index contributed by atoms with van der Waals surface area (Å²) >= 11 is 0. The van der Waals surface area contributed by atoms with Crippen LogP contribution in [0.5, 0.6) is 0 Å². The lowest BCUT2D eigenvalue weighted by Gasteiger charge is -2.15. The molecule has 1 saturated heterocycles. The maximum Gasteiger partial charge on any atom is 0.179 e. The van der Waals surface area contributed by atoms with Crippen LogP contribution < -0.4 is 5.73 Å². The molecule has 1 aliphatic rings. The molecule has 0 amide bonds. The largest absolute Gasteiger partial charge is 0.330 e. The maximum atomic E-state index is 12.2. The molecule has 2 N–H and O–H groups in total. The summed E-state index contributed by atoms with van der Waals surface area (Å²) in [5, 5.41) is 8.82. The first-order valence-corrected chi connectivity index (χ1v) is 8.36. The fourth-order valence-corrected chi connectivity index (χ4v) is 3.76. The maximum absolute atomic E-state index is 12.2. The van der Waals surface area contributed by atoms with Crippen LogP contribution in [0.1, 0.15) is 12.0 Å². The van der Waals surface area contributed by atoms with Crippen LogP contribution in [0.4, 0.5) is 0 Å². The third-order valence-electron chi connectivity index (χ3n) is 3.70. The Morgan fingerprint density at radius 2 is 2.25 bits per heavy atom. The Balaban J connectivity index is 1.99. The summed E-state index contributed by atoms with van der Waals surface area (Å²) in [6, 6.07) is 8.14. The van der Waals surface area contributed by atoms with Crippen molar-refractivity contribution in [1.82, 2.24) is 4.90 Å². The molecular formula is C14H19N3O2S. The standard InChI is InChI=1S/C14H19N3O2S/c15-9-12-2-1-3-14(8-12)20(18,19)7-6-17-5-4-13(10-16)11-17/h1-3,8,13H,4-7,10-11,16H2. The average molecular weight is 293 g/mol. The van der Waals surface area contributed by atoms with Gasteiger partial charge in [0.2, 0.25) is 0 Å². The van der Waals surface area contributed by atoms with Crippen molar-refractivity contribution >= 4 is 9.84 Å². The number of hydrogen-bond acceptors (Lipinski definition) is 5. The first kappa shape index (κ1) is 15.0. The van der Waals surface area contributed by atoms with Crippen LogP contribution in [-0.4, -0.2) is 45.2 Å². The molecule has 1 aromatic carbocycles. The lowest BCUT2D eigenvalue weighted by molar-refractivity contribution is 0.344. The van der Waals surface area contributed by atoms with Crippen LogP contribution in [0.3, 0.4) is 0 Å². The zero-order valence-electron chi connectivity index (χ0n) is 11.3. The Morgan fingerprint density at radius 3 is 2.90 bits per heavy atom. The van der Waals surface area contributed by atoms with Gasteiger partial charge < -0.3 is 10.6 Å². The van der Waals surface area contributed by atoms with Gasteiger partial charge in [0.05, 0.1) is 22.3 Å². The number of hydrogen-bond donors (Lipinski definition) is 1. The van der Waals surface area contributed by atoms with E-state index in [1.165, 1.54) is 6.07 Å². The lowest BCUT2D eigenvalue weighted by atomic mass is 10.1. The van der Waals surface area contributed by atoms with Gasteiger partial charge in [-0.1, -0.05) is 6.07 Å². The van der Waals surface area contributed by atoms with E-state index in [4.69, 9.17) is 11.0 Å². The molecule has 0 bridgehead atoms. The fourth-order valence-electron chi connectivity index (χ4n) is 2.43. The third kappa shape index (κ3) is 3.57. The SMILES string of the molecule is N#Cc1cccc(S(=O)(=O)CCN2CCC(CN)C2)c1. The highest BCUT2D eigenvalue weighted by molar-refractivity contribution is 7.91. The summed E-state index contributed by atoms with van der Waals surface area (Å²) in [7, 11) is -3.33. The molecule has 0 aliphatic carbocycles. The Hall–Kier alpha value is -1.42. The number of nitrogens with two attached hydrogens (primary N) is 1. The molecule has 1 aromatic rings. The molecule has 1 fully saturated rings. The van der Waals surface area contributed by atoms with Gasteiger partial charge in [-0.15, -0.1) is 0 Å². The van der Waals surface area contributed by atoms with Crippen LogP contribution in [0.2, 0.25) is 0 Å². The highest BCUT2D eigenvalue weighted by atomic mass is 32.2. The number of sulfone groups is 1. The number of nitrogens with zero attached hydrogens (tertiary/aromatic N) is 2. The van der Waals surface area contributed by atoms with Gasteiger partial charge in [0, 0.05) is 13.1 Å². The van der Waals surface area contributed by atoms with Gasteiger partial charge in [0.25, 0.3) is 0 Å².